The van der Waals surface area contributed by atoms with Crippen LogP contribution in [0, 0.1) is 5.41 Å². The van der Waals surface area contributed by atoms with E-state index in [0.717, 1.165) is 63.0 Å². The summed E-state index contributed by atoms with van der Waals surface area (Å²) in [5.74, 6) is -0.875. The zero-order chi connectivity index (χ0) is 24.7. The number of aryl methyl sites for hydroxylation is 1. The van der Waals surface area contributed by atoms with Gasteiger partial charge in [-0.05, 0) is 72.9 Å². The molecular weight excluding hydrogens is 454 g/mol. The number of aromatic nitrogens is 1. The molecule has 0 radical (unpaired) electrons. The molecule has 8 heteroatoms. The van der Waals surface area contributed by atoms with Crippen molar-refractivity contribution < 1.29 is 14.7 Å². The summed E-state index contributed by atoms with van der Waals surface area (Å²) in [6.45, 7) is 4.11. The van der Waals surface area contributed by atoms with Crippen LogP contribution in [0.5, 0.6) is 0 Å². The number of carboxylic acid groups (broad SMARTS) is 1. The molecule has 36 heavy (non-hydrogen) atoms. The van der Waals surface area contributed by atoms with Crippen LogP contribution in [-0.2, 0) is 11.2 Å². The minimum Gasteiger partial charge on any atom is -0.478 e. The van der Waals surface area contributed by atoms with Gasteiger partial charge < -0.3 is 19.8 Å². The fraction of sp³-hybridized carbons (Fsp3) is 0.429. The molecule has 0 bridgehead atoms. The number of benzene rings is 1. The number of piperidine rings is 1. The average Bonchev–Trinajstić information content (AvgIpc) is 3.53. The summed E-state index contributed by atoms with van der Waals surface area (Å²) in [4.78, 5) is 39.7. The molecule has 186 valence electrons. The molecule has 1 aliphatic carbocycles. The maximum Gasteiger partial charge on any atom is 0.338 e. The molecule has 1 N–H and O–H groups in total. The molecule has 1 amide bonds. The number of amides is 1. The van der Waals surface area contributed by atoms with E-state index >= 15 is 0 Å². The van der Waals surface area contributed by atoms with Gasteiger partial charge in [0, 0.05) is 62.2 Å². The van der Waals surface area contributed by atoms with Crippen LogP contribution in [0.4, 0.5) is 5.69 Å². The number of carbonyl (C=O) groups is 2. The van der Waals surface area contributed by atoms with E-state index in [1.54, 1.807) is 6.20 Å². The van der Waals surface area contributed by atoms with E-state index in [1.807, 2.05) is 34.3 Å². The molecule has 1 aromatic heterocycles. The normalized spacial score (nSPS) is 22.6. The van der Waals surface area contributed by atoms with Crippen LogP contribution in [0.3, 0.4) is 0 Å². The van der Waals surface area contributed by atoms with Gasteiger partial charge in [0.15, 0.2) is 0 Å². The van der Waals surface area contributed by atoms with Gasteiger partial charge in [-0.1, -0.05) is 6.07 Å². The topological polar surface area (TPSA) is 89.3 Å². The van der Waals surface area contributed by atoms with Gasteiger partial charge in [-0.2, -0.15) is 0 Å². The summed E-state index contributed by atoms with van der Waals surface area (Å²) >= 11 is 0. The van der Waals surface area contributed by atoms with Gasteiger partial charge in [-0.25, -0.2) is 4.79 Å². The molecule has 8 nitrogen and oxygen atoms in total. The van der Waals surface area contributed by atoms with Crippen molar-refractivity contribution in [2.75, 3.05) is 37.7 Å². The summed E-state index contributed by atoms with van der Waals surface area (Å²) in [5.41, 5.74) is 4.79. The third-order valence-corrected chi connectivity index (χ3v) is 8.44. The third kappa shape index (κ3) is 4.14. The molecule has 0 unspecified atom stereocenters. The maximum absolute atomic E-state index is 13.5. The van der Waals surface area contributed by atoms with Gasteiger partial charge in [0.1, 0.15) is 6.67 Å². The molecule has 0 saturated carbocycles. The van der Waals surface area contributed by atoms with E-state index in [1.165, 1.54) is 23.9 Å². The Bertz CT molecular complexity index is 1230. The van der Waals surface area contributed by atoms with Gasteiger partial charge in [0.25, 0.3) is 5.91 Å². The molecule has 2 aromatic rings. The Balaban J connectivity index is 1.13. The SMILES string of the molecule is O=C(O)C1=CN([C@@H]2CCc3ccc(C(=O)N4CCC5(CC4)CCN(c4ccncc4)C5)cc32)CN=C1. The number of hydrogen-bond donors (Lipinski definition) is 1. The van der Waals surface area contributed by atoms with Crippen molar-refractivity contribution in [2.24, 2.45) is 10.4 Å². The first-order valence-electron chi connectivity index (χ1n) is 12.8. The molecule has 1 atom stereocenters. The monoisotopic (exact) mass is 485 g/mol. The molecule has 2 fully saturated rings. The minimum absolute atomic E-state index is 0.0434. The number of likely N-dealkylation sites (tertiary alicyclic amines) is 1. The van der Waals surface area contributed by atoms with Crippen molar-refractivity contribution in [1.82, 2.24) is 14.8 Å². The van der Waals surface area contributed by atoms with Crippen molar-refractivity contribution in [3.8, 4) is 0 Å². The highest BCUT2D eigenvalue weighted by Gasteiger charge is 2.41. The number of hydrogen-bond acceptors (Lipinski definition) is 6. The maximum atomic E-state index is 13.5. The van der Waals surface area contributed by atoms with Gasteiger partial charge in [0.05, 0.1) is 11.6 Å². The van der Waals surface area contributed by atoms with Crippen molar-refractivity contribution in [3.05, 3.63) is 71.2 Å². The Morgan fingerprint density at radius 2 is 1.81 bits per heavy atom. The highest BCUT2D eigenvalue weighted by molar-refractivity contribution is 6.08. The summed E-state index contributed by atoms with van der Waals surface area (Å²) in [5, 5.41) is 9.36. The fourth-order valence-electron chi connectivity index (χ4n) is 6.33. The first-order valence-corrected chi connectivity index (χ1v) is 12.8. The second-order valence-electron chi connectivity index (χ2n) is 10.5. The third-order valence-electron chi connectivity index (χ3n) is 8.44. The van der Waals surface area contributed by atoms with Gasteiger partial charge in [-0.15, -0.1) is 0 Å². The molecule has 1 aromatic carbocycles. The van der Waals surface area contributed by atoms with Crippen LogP contribution in [0.2, 0.25) is 0 Å². The van der Waals surface area contributed by atoms with E-state index in [-0.39, 0.29) is 22.9 Å². The number of aliphatic carboxylic acids is 1. The predicted molar refractivity (Wildman–Crippen MR) is 137 cm³/mol. The molecule has 6 rings (SSSR count). The Labute approximate surface area is 210 Å². The van der Waals surface area contributed by atoms with Crippen molar-refractivity contribution in [3.63, 3.8) is 0 Å². The van der Waals surface area contributed by atoms with E-state index in [2.05, 4.69) is 33.1 Å². The summed E-state index contributed by atoms with van der Waals surface area (Å²) in [6.07, 6.45) is 11.8. The number of carbonyl (C=O) groups excluding carboxylic acids is 1. The number of aliphatic imine (C=N–C) groups is 1. The molecule has 1 spiro atoms. The standard InChI is InChI=1S/C28H31N5O3/c34-26(31-12-7-28(8-13-31)9-14-32(18-28)23-5-10-29-11-6-23)21-2-1-20-3-4-25(24(20)15-21)33-17-22(27(35)36)16-30-19-33/h1-2,5-6,10-11,15-17,25H,3-4,7-9,12-14,18-19H2,(H,35,36)/t25-/m1/s1. The minimum atomic E-state index is -0.973. The fourth-order valence-corrected chi connectivity index (χ4v) is 6.33. The van der Waals surface area contributed by atoms with Gasteiger partial charge in [-0.3, -0.25) is 14.8 Å². The van der Waals surface area contributed by atoms with E-state index in [4.69, 9.17) is 0 Å². The Morgan fingerprint density at radius 3 is 2.58 bits per heavy atom. The van der Waals surface area contributed by atoms with Crippen LogP contribution in [0.1, 0.15) is 53.2 Å². The lowest BCUT2D eigenvalue weighted by molar-refractivity contribution is -0.132. The van der Waals surface area contributed by atoms with Crippen LogP contribution in [0.25, 0.3) is 0 Å². The summed E-state index contributed by atoms with van der Waals surface area (Å²) in [6, 6.07) is 10.3. The smallest absolute Gasteiger partial charge is 0.338 e. The quantitative estimate of drug-likeness (QED) is 0.713. The number of carboxylic acids is 1. The lowest BCUT2D eigenvalue weighted by atomic mass is 9.77. The second-order valence-corrected chi connectivity index (χ2v) is 10.5. The number of pyridine rings is 1. The van der Waals surface area contributed by atoms with Crippen molar-refractivity contribution >= 4 is 23.8 Å². The number of anilines is 1. The number of nitrogens with zero attached hydrogens (tertiary/aromatic N) is 5. The molecular formula is C28H31N5O3. The van der Waals surface area contributed by atoms with Gasteiger partial charge >= 0.3 is 5.97 Å². The van der Waals surface area contributed by atoms with Crippen molar-refractivity contribution in [2.45, 2.75) is 38.1 Å². The summed E-state index contributed by atoms with van der Waals surface area (Å²) < 4.78 is 0. The van der Waals surface area contributed by atoms with E-state index in [0.29, 0.717) is 6.67 Å². The Morgan fingerprint density at radius 1 is 1.03 bits per heavy atom. The molecule has 4 aliphatic rings. The lowest BCUT2D eigenvalue weighted by Crippen LogP contribution is -2.44. The first kappa shape index (κ1) is 22.8. The van der Waals surface area contributed by atoms with Gasteiger partial charge in [0.2, 0.25) is 0 Å². The highest BCUT2D eigenvalue weighted by atomic mass is 16.4. The van der Waals surface area contributed by atoms with Crippen LogP contribution >= 0.6 is 0 Å². The first-order chi connectivity index (χ1) is 17.5. The van der Waals surface area contributed by atoms with Crippen LogP contribution in [-0.4, -0.2) is 70.8 Å². The highest BCUT2D eigenvalue weighted by Crippen LogP contribution is 2.42. The Hall–Kier alpha value is -3.68. The summed E-state index contributed by atoms with van der Waals surface area (Å²) in [7, 11) is 0. The number of fused-ring (bicyclic) bond motifs is 1. The lowest BCUT2D eigenvalue weighted by Gasteiger charge is -2.39. The van der Waals surface area contributed by atoms with E-state index in [9.17, 15) is 14.7 Å². The molecule has 2 saturated heterocycles. The van der Waals surface area contributed by atoms with Crippen molar-refractivity contribution in [1.29, 1.82) is 0 Å². The number of rotatable bonds is 4. The zero-order valence-electron chi connectivity index (χ0n) is 20.3. The second kappa shape index (κ2) is 9.08. The average molecular weight is 486 g/mol. The van der Waals surface area contributed by atoms with Crippen LogP contribution < -0.4 is 4.90 Å². The van der Waals surface area contributed by atoms with Crippen LogP contribution in [0.15, 0.2) is 59.5 Å². The largest absolute Gasteiger partial charge is 0.478 e. The Kier molecular flexibility index (Phi) is 5.74. The molecule has 4 heterocycles. The predicted octanol–water partition coefficient (Wildman–Crippen LogP) is 3.51. The zero-order valence-corrected chi connectivity index (χ0v) is 20.3. The molecule has 3 aliphatic heterocycles. The van der Waals surface area contributed by atoms with E-state index < -0.39 is 5.97 Å².